The quantitative estimate of drug-likeness (QED) is 0.773. The van der Waals surface area contributed by atoms with E-state index >= 15 is 0 Å². The van der Waals surface area contributed by atoms with Gasteiger partial charge in [-0.05, 0) is 37.5 Å². The maximum Gasteiger partial charge on any atom is 0.261 e. The van der Waals surface area contributed by atoms with Crippen LogP contribution in [-0.2, 0) is 4.79 Å². The first-order chi connectivity index (χ1) is 12.1. The fourth-order valence-corrected chi connectivity index (χ4v) is 2.65. The summed E-state index contributed by atoms with van der Waals surface area (Å²) in [7, 11) is 1.61. The summed E-state index contributed by atoms with van der Waals surface area (Å²) in [5.41, 5.74) is 2.32. The summed E-state index contributed by atoms with van der Waals surface area (Å²) in [4.78, 5) is 12.7. The highest BCUT2D eigenvalue weighted by atomic mass is 16.5. The first-order valence-corrected chi connectivity index (χ1v) is 8.75. The van der Waals surface area contributed by atoms with Crippen LogP contribution in [0.25, 0.3) is 0 Å². The van der Waals surface area contributed by atoms with E-state index < -0.39 is 6.10 Å². The average Bonchev–Trinajstić information content (AvgIpc) is 2.65. The highest BCUT2D eigenvalue weighted by molar-refractivity contribution is 5.81. The minimum Gasteiger partial charge on any atom is -0.497 e. The first-order valence-electron chi connectivity index (χ1n) is 8.75. The summed E-state index contributed by atoms with van der Waals surface area (Å²) in [6.45, 7) is 6.06. The van der Waals surface area contributed by atoms with Gasteiger partial charge in [0.1, 0.15) is 11.5 Å². The van der Waals surface area contributed by atoms with E-state index in [2.05, 4.69) is 43.4 Å². The van der Waals surface area contributed by atoms with Gasteiger partial charge < -0.3 is 14.8 Å². The molecule has 2 aromatic carbocycles. The second kappa shape index (κ2) is 9.11. The number of aryl methyl sites for hydroxylation is 1. The number of carbonyl (C=O) groups is 1. The van der Waals surface area contributed by atoms with Gasteiger partial charge in [-0.1, -0.05) is 49.7 Å². The molecule has 2 rings (SSSR count). The van der Waals surface area contributed by atoms with E-state index in [0.29, 0.717) is 17.9 Å². The zero-order valence-electron chi connectivity index (χ0n) is 15.4. The van der Waals surface area contributed by atoms with Gasteiger partial charge in [-0.25, -0.2) is 0 Å². The van der Waals surface area contributed by atoms with E-state index in [1.165, 1.54) is 5.56 Å². The molecule has 4 nitrogen and oxygen atoms in total. The van der Waals surface area contributed by atoms with Gasteiger partial charge >= 0.3 is 0 Å². The highest BCUT2D eigenvalue weighted by Gasteiger charge is 2.22. The van der Waals surface area contributed by atoms with Gasteiger partial charge in [-0.2, -0.15) is 0 Å². The van der Waals surface area contributed by atoms with Crippen LogP contribution in [0.15, 0.2) is 48.5 Å². The molecule has 134 valence electrons. The molecule has 0 radical (unpaired) electrons. The van der Waals surface area contributed by atoms with Crippen molar-refractivity contribution in [2.24, 2.45) is 0 Å². The average molecular weight is 341 g/mol. The Morgan fingerprint density at radius 3 is 2.32 bits per heavy atom. The number of benzene rings is 2. The minimum absolute atomic E-state index is 0.0175. The van der Waals surface area contributed by atoms with Gasteiger partial charge in [0.15, 0.2) is 6.10 Å². The van der Waals surface area contributed by atoms with Crippen LogP contribution in [0.5, 0.6) is 11.5 Å². The highest BCUT2D eigenvalue weighted by Crippen LogP contribution is 2.22. The maximum absolute atomic E-state index is 12.7. The van der Waals surface area contributed by atoms with Gasteiger partial charge in [0.2, 0.25) is 0 Å². The Balaban J connectivity index is 2.06. The van der Waals surface area contributed by atoms with E-state index in [4.69, 9.17) is 9.47 Å². The van der Waals surface area contributed by atoms with Crippen LogP contribution in [0, 0.1) is 6.92 Å². The standard InChI is InChI=1S/C21H27NO3/c1-5-19(16-12-10-15(3)11-13-16)22-21(23)20(6-2)25-18-9-7-8-17(14-18)24-4/h7-14,19-20H,5-6H2,1-4H3,(H,22,23)/t19-,20+/m0/s1. The lowest BCUT2D eigenvalue weighted by Gasteiger charge is -2.22. The van der Waals surface area contributed by atoms with Crippen molar-refractivity contribution in [1.29, 1.82) is 0 Å². The molecule has 0 saturated carbocycles. The number of carbonyl (C=O) groups excluding carboxylic acids is 1. The Hall–Kier alpha value is -2.49. The molecule has 0 aromatic heterocycles. The van der Waals surface area contributed by atoms with Gasteiger partial charge in [-0.15, -0.1) is 0 Å². The summed E-state index contributed by atoms with van der Waals surface area (Å²) in [5, 5.41) is 3.11. The molecule has 0 aliphatic carbocycles. The van der Waals surface area contributed by atoms with E-state index in [1.807, 2.05) is 25.1 Å². The van der Waals surface area contributed by atoms with Crippen molar-refractivity contribution in [3.8, 4) is 11.5 Å². The van der Waals surface area contributed by atoms with E-state index in [-0.39, 0.29) is 11.9 Å². The molecule has 0 aliphatic heterocycles. The van der Waals surface area contributed by atoms with Gasteiger partial charge in [0.05, 0.1) is 13.2 Å². The van der Waals surface area contributed by atoms with Crippen LogP contribution >= 0.6 is 0 Å². The second-order valence-electron chi connectivity index (χ2n) is 6.07. The van der Waals surface area contributed by atoms with Crippen molar-refractivity contribution >= 4 is 5.91 Å². The number of amides is 1. The molecule has 2 atom stereocenters. The lowest BCUT2D eigenvalue weighted by molar-refractivity contribution is -0.128. The number of nitrogens with one attached hydrogen (secondary N) is 1. The van der Waals surface area contributed by atoms with Crippen molar-refractivity contribution in [1.82, 2.24) is 5.32 Å². The molecule has 0 heterocycles. The molecule has 0 fully saturated rings. The Morgan fingerprint density at radius 2 is 1.72 bits per heavy atom. The van der Waals surface area contributed by atoms with Crippen LogP contribution in [0.3, 0.4) is 0 Å². The molecule has 1 amide bonds. The lowest BCUT2D eigenvalue weighted by atomic mass is 10.0. The van der Waals surface area contributed by atoms with Crippen molar-refractivity contribution < 1.29 is 14.3 Å². The second-order valence-corrected chi connectivity index (χ2v) is 6.07. The molecule has 1 N–H and O–H groups in total. The normalized spacial score (nSPS) is 13.0. The number of rotatable bonds is 8. The number of methoxy groups -OCH3 is 1. The number of hydrogen-bond acceptors (Lipinski definition) is 3. The van der Waals surface area contributed by atoms with Crippen LogP contribution in [0.2, 0.25) is 0 Å². The summed E-state index contributed by atoms with van der Waals surface area (Å²) in [6.07, 6.45) is 0.879. The molecule has 4 heteroatoms. The third kappa shape index (κ3) is 5.24. The van der Waals surface area contributed by atoms with Crippen molar-refractivity contribution in [2.45, 2.75) is 45.8 Å². The smallest absolute Gasteiger partial charge is 0.261 e. The fraction of sp³-hybridized carbons (Fsp3) is 0.381. The molecule has 25 heavy (non-hydrogen) atoms. The first kappa shape index (κ1) is 18.8. The minimum atomic E-state index is -0.536. The zero-order valence-corrected chi connectivity index (χ0v) is 15.4. The van der Waals surface area contributed by atoms with E-state index in [9.17, 15) is 4.79 Å². The molecular formula is C21H27NO3. The Labute approximate surface area is 150 Å². The van der Waals surface area contributed by atoms with Crippen molar-refractivity contribution in [3.63, 3.8) is 0 Å². The molecule has 0 aliphatic rings. The zero-order chi connectivity index (χ0) is 18.2. The predicted octanol–water partition coefficient (Wildman–Crippen LogP) is 4.43. The van der Waals surface area contributed by atoms with Gasteiger partial charge in [0, 0.05) is 6.07 Å². The van der Waals surface area contributed by atoms with Gasteiger partial charge in [0.25, 0.3) is 5.91 Å². The van der Waals surface area contributed by atoms with Crippen LogP contribution in [0.4, 0.5) is 0 Å². The molecule has 0 saturated heterocycles. The topological polar surface area (TPSA) is 47.6 Å². The van der Waals surface area contributed by atoms with Crippen molar-refractivity contribution in [3.05, 3.63) is 59.7 Å². The molecular weight excluding hydrogens is 314 g/mol. The fourth-order valence-electron chi connectivity index (χ4n) is 2.65. The predicted molar refractivity (Wildman–Crippen MR) is 100 cm³/mol. The molecule has 2 aromatic rings. The van der Waals surface area contributed by atoms with Gasteiger partial charge in [-0.3, -0.25) is 4.79 Å². The molecule has 0 unspecified atom stereocenters. The summed E-state index contributed by atoms with van der Waals surface area (Å²) in [6, 6.07) is 15.5. The SMILES string of the molecule is CC[C@H](NC(=O)[C@@H](CC)Oc1cccc(OC)c1)c1ccc(C)cc1. The van der Waals surface area contributed by atoms with Crippen LogP contribution in [-0.4, -0.2) is 19.1 Å². The third-order valence-electron chi connectivity index (χ3n) is 4.19. The number of ether oxygens (including phenoxy) is 2. The summed E-state index contributed by atoms with van der Waals surface area (Å²) in [5.74, 6) is 1.24. The summed E-state index contributed by atoms with van der Waals surface area (Å²) < 4.78 is 11.1. The van der Waals surface area contributed by atoms with E-state index in [0.717, 1.165) is 12.0 Å². The Morgan fingerprint density at radius 1 is 1.04 bits per heavy atom. The molecule has 0 spiro atoms. The lowest BCUT2D eigenvalue weighted by Crippen LogP contribution is -2.39. The summed E-state index contributed by atoms with van der Waals surface area (Å²) >= 11 is 0. The number of hydrogen-bond donors (Lipinski definition) is 1. The monoisotopic (exact) mass is 341 g/mol. The van der Waals surface area contributed by atoms with Crippen molar-refractivity contribution in [2.75, 3.05) is 7.11 Å². The van der Waals surface area contributed by atoms with Crippen LogP contribution in [0.1, 0.15) is 43.9 Å². The molecule has 0 bridgehead atoms. The largest absolute Gasteiger partial charge is 0.497 e. The Bertz CT molecular complexity index is 682. The van der Waals surface area contributed by atoms with E-state index in [1.54, 1.807) is 13.2 Å². The third-order valence-corrected chi connectivity index (χ3v) is 4.19. The van der Waals surface area contributed by atoms with Crippen LogP contribution < -0.4 is 14.8 Å². The Kier molecular flexibility index (Phi) is 6.87. The maximum atomic E-state index is 12.7.